The maximum absolute atomic E-state index is 12.9. The van der Waals surface area contributed by atoms with E-state index in [9.17, 15) is 14.0 Å². The molecule has 3 rings (SSSR count). The Labute approximate surface area is 165 Å². The van der Waals surface area contributed by atoms with Gasteiger partial charge in [-0.3, -0.25) is 14.9 Å². The summed E-state index contributed by atoms with van der Waals surface area (Å²) >= 11 is 1.26. The molecule has 28 heavy (non-hydrogen) atoms. The van der Waals surface area contributed by atoms with Crippen molar-refractivity contribution in [3.8, 4) is 10.6 Å². The Balaban J connectivity index is 1.55. The number of halogens is 1. The Morgan fingerprint density at radius 3 is 2.61 bits per heavy atom. The molecule has 3 aromatic rings. The number of rotatable bonds is 6. The molecule has 0 radical (unpaired) electrons. The van der Waals surface area contributed by atoms with Crippen molar-refractivity contribution < 1.29 is 14.0 Å². The largest absolute Gasteiger partial charge is 0.344 e. The van der Waals surface area contributed by atoms with Gasteiger partial charge >= 0.3 is 0 Å². The highest BCUT2D eigenvalue weighted by atomic mass is 32.1. The van der Waals surface area contributed by atoms with Crippen molar-refractivity contribution >= 4 is 28.3 Å². The van der Waals surface area contributed by atoms with Crippen molar-refractivity contribution in [2.75, 3.05) is 5.32 Å². The van der Waals surface area contributed by atoms with E-state index in [-0.39, 0.29) is 24.1 Å². The Morgan fingerprint density at radius 1 is 1.14 bits per heavy atom. The first-order valence-corrected chi connectivity index (χ1v) is 9.47. The van der Waals surface area contributed by atoms with Gasteiger partial charge in [-0.25, -0.2) is 4.39 Å². The normalized spacial score (nSPS) is 11.7. The molecule has 1 aromatic heterocycles. The second kappa shape index (κ2) is 8.71. The van der Waals surface area contributed by atoms with Crippen LogP contribution in [0.4, 0.5) is 9.52 Å². The summed E-state index contributed by atoms with van der Waals surface area (Å²) < 4.78 is 12.9. The minimum absolute atomic E-state index is 0.0637. The van der Waals surface area contributed by atoms with Gasteiger partial charge in [0.25, 0.3) is 0 Å². The zero-order chi connectivity index (χ0) is 20.1. The number of hydrogen-bond acceptors (Lipinski definition) is 5. The van der Waals surface area contributed by atoms with Crippen molar-refractivity contribution in [3.05, 3.63) is 65.5 Å². The van der Waals surface area contributed by atoms with Gasteiger partial charge in [0.05, 0.1) is 6.42 Å². The molecule has 0 bridgehead atoms. The van der Waals surface area contributed by atoms with Gasteiger partial charge in [0.1, 0.15) is 16.9 Å². The van der Waals surface area contributed by atoms with E-state index < -0.39 is 6.04 Å². The molecule has 2 aromatic carbocycles. The average Bonchev–Trinajstić information content (AvgIpc) is 3.12. The molecular weight excluding hydrogens is 379 g/mol. The van der Waals surface area contributed by atoms with Gasteiger partial charge in [-0.2, -0.15) is 0 Å². The van der Waals surface area contributed by atoms with Gasteiger partial charge in [0, 0.05) is 5.56 Å². The van der Waals surface area contributed by atoms with Gasteiger partial charge < -0.3 is 5.32 Å². The standard InChI is InChI=1S/C20H19FN4O2S/c1-12-4-3-5-15(10-12)19-24-25-20(28-19)23-18(27)13(2)22-17(26)11-14-6-8-16(21)9-7-14/h3-10,13H,11H2,1-2H3,(H,22,26)(H,23,25,27). The minimum Gasteiger partial charge on any atom is -0.344 e. The Morgan fingerprint density at radius 2 is 1.89 bits per heavy atom. The molecule has 0 fully saturated rings. The van der Waals surface area contributed by atoms with Gasteiger partial charge in [0.15, 0.2) is 0 Å². The van der Waals surface area contributed by atoms with Crippen LogP contribution in [-0.4, -0.2) is 28.1 Å². The van der Waals surface area contributed by atoms with E-state index in [4.69, 9.17) is 0 Å². The highest BCUT2D eigenvalue weighted by Gasteiger charge is 2.18. The van der Waals surface area contributed by atoms with Crippen LogP contribution in [0, 0.1) is 12.7 Å². The van der Waals surface area contributed by atoms with Crippen molar-refractivity contribution in [1.82, 2.24) is 15.5 Å². The second-order valence-electron chi connectivity index (χ2n) is 6.36. The SMILES string of the molecule is Cc1cccc(-c2nnc(NC(=O)C(C)NC(=O)Cc3ccc(F)cc3)s2)c1. The van der Waals surface area contributed by atoms with E-state index in [0.717, 1.165) is 11.1 Å². The van der Waals surface area contributed by atoms with E-state index >= 15 is 0 Å². The molecule has 0 aliphatic rings. The molecule has 0 saturated carbocycles. The summed E-state index contributed by atoms with van der Waals surface area (Å²) in [6.45, 7) is 3.57. The molecule has 2 N–H and O–H groups in total. The van der Waals surface area contributed by atoms with E-state index in [1.807, 2.05) is 31.2 Å². The van der Waals surface area contributed by atoms with Gasteiger partial charge in [-0.05, 0) is 37.6 Å². The molecule has 1 atom stereocenters. The van der Waals surface area contributed by atoms with Crippen molar-refractivity contribution in [3.63, 3.8) is 0 Å². The maximum Gasteiger partial charge on any atom is 0.248 e. The molecule has 1 heterocycles. The number of nitrogens with one attached hydrogen (secondary N) is 2. The zero-order valence-corrected chi connectivity index (χ0v) is 16.2. The topological polar surface area (TPSA) is 84.0 Å². The number of hydrogen-bond donors (Lipinski definition) is 2. The van der Waals surface area contributed by atoms with E-state index in [2.05, 4.69) is 20.8 Å². The number of amides is 2. The number of aryl methyl sites for hydroxylation is 1. The van der Waals surface area contributed by atoms with E-state index in [1.54, 1.807) is 6.92 Å². The van der Waals surface area contributed by atoms with Gasteiger partial charge in [0.2, 0.25) is 16.9 Å². The molecule has 2 amide bonds. The third-order valence-corrected chi connectivity index (χ3v) is 4.86. The predicted octanol–water partition coefficient (Wildman–Crippen LogP) is 3.34. The highest BCUT2D eigenvalue weighted by molar-refractivity contribution is 7.18. The van der Waals surface area contributed by atoms with E-state index in [0.29, 0.717) is 15.7 Å². The summed E-state index contributed by atoms with van der Waals surface area (Å²) in [5, 5.41) is 14.4. The van der Waals surface area contributed by atoms with Crippen LogP contribution >= 0.6 is 11.3 Å². The molecule has 0 aliphatic carbocycles. The van der Waals surface area contributed by atoms with E-state index in [1.165, 1.54) is 35.6 Å². The first-order chi connectivity index (χ1) is 13.4. The quantitative estimate of drug-likeness (QED) is 0.667. The lowest BCUT2D eigenvalue weighted by atomic mass is 10.1. The van der Waals surface area contributed by atoms with Crippen LogP contribution in [-0.2, 0) is 16.0 Å². The first kappa shape index (κ1) is 19.6. The lowest BCUT2D eigenvalue weighted by molar-refractivity contribution is -0.125. The summed E-state index contributed by atoms with van der Waals surface area (Å²) in [5.74, 6) is -1.08. The molecule has 8 heteroatoms. The molecule has 0 aliphatic heterocycles. The molecular formula is C20H19FN4O2S. The smallest absolute Gasteiger partial charge is 0.248 e. The Bertz CT molecular complexity index is 988. The Kier molecular flexibility index (Phi) is 6.10. The van der Waals surface area contributed by atoms with Crippen LogP contribution in [0.3, 0.4) is 0 Å². The predicted molar refractivity (Wildman–Crippen MR) is 106 cm³/mol. The summed E-state index contributed by atoms with van der Waals surface area (Å²) in [5.41, 5.74) is 2.70. The van der Waals surface area contributed by atoms with Crippen molar-refractivity contribution in [2.45, 2.75) is 26.3 Å². The van der Waals surface area contributed by atoms with Crippen LogP contribution in [0.5, 0.6) is 0 Å². The third kappa shape index (κ3) is 5.20. The fourth-order valence-electron chi connectivity index (χ4n) is 2.53. The fraction of sp³-hybridized carbons (Fsp3) is 0.200. The average molecular weight is 398 g/mol. The van der Waals surface area contributed by atoms with Gasteiger partial charge in [-0.1, -0.05) is 47.2 Å². The molecule has 0 spiro atoms. The fourth-order valence-corrected chi connectivity index (χ4v) is 3.27. The Hall–Kier alpha value is -3.13. The summed E-state index contributed by atoms with van der Waals surface area (Å²) in [6.07, 6.45) is 0.0637. The first-order valence-electron chi connectivity index (χ1n) is 8.66. The summed E-state index contributed by atoms with van der Waals surface area (Å²) in [4.78, 5) is 24.4. The van der Waals surface area contributed by atoms with Gasteiger partial charge in [-0.15, -0.1) is 10.2 Å². The zero-order valence-electron chi connectivity index (χ0n) is 15.4. The highest BCUT2D eigenvalue weighted by Crippen LogP contribution is 2.26. The van der Waals surface area contributed by atoms with Crippen LogP contribution < -0.4 is 10.6 Å². The lowest BCUT2D eigenvalue weighted by Crippen LogP contribution is -2.42. The number of anilines is 1. The minimum atomic E-state index is -0.751. The number of benzene rings is 2. The van der Waals surface area contributed by atoms with Crippen LogP contribution in [0.25, 0.3) is 10.6 Å². The summed E-state index contributed by atoms with van der Waals surface area (Å²) in [7, 11) is 0. The van der Waals surface area contributed by atoms with Crippen LogP contribution in [0.2, 0.25) is 0 Å². The molecule has 144 valence electrons. The van der Waals surface area contributed by atoms with Crippen molar-refractivity contribution in [1.29, 1.82) is 0 Å². The monoisotopic (exact) mass is 398 g/mol. The molecule has 6 nitrogen and oxygen atoms in total. The maximum atomic E-state index is 12.9. The summed E-state index contributed by atoms with van der Waals surface area (Å²) in [6, 6.07) is 12.7. The molecule has 1 unspecified atom stereocenters. The third-order valence-electron chi connectivity index (χ3n) is 3.97. The van der Waals surface area contributed by atoms with Crippen LogP contribution in [0.15, 0.2) is 48.5 Å². The van der Waals surface area contributed by atoms with Crippen LogP contribution in [0.1, 0.15) is 18.1 Å². The number of nitrogens with zero attached hydrogens (tertiary/aromatic N) is 2. The van der Waals surface area contributed by atoms with Crippen molar-refractivity contribution in [2.24, 2.45) is 0 Å². The number of carbonyl (C=O) groups excluding carboxylic acids is 2. The second-order valence-corrected chi connectivity index (χ2v) is 7.34. The lowest BCUT2D eigenvalue weighted by Gasteiger charge is -2.12. The molecule has 0 saturated heterocycles. The number of carbonyl (C=O) groups is 2. The number of aromatic nitrogens is 2.